The number of aromatic nitrogens is 2. The van der Waals surface area contributed by atoms with E-state index in [0.717, 1.165) is 27.6 Å². The first-order valence-corrected chi connectivity index (χ1v) is 6.58. The average molecular weight is 269 g/mol. The van der Waals surface area contributed by atoms with Gasteiger partial charge in [0.25, 0.3) is 0 Å². The van der Waals surface area contributed by atoms with E-state index in [4.69, 9.17) is 4.42 Å². The average Bonchev–Trinajstić information content (AvgIpc) is 3.04. The van der Waals surface area contributed by atoms with Crippen LogP contribution in [0.2, 0.25) is 0 Å². The molecule has 3 aromatic heterocycles. The van der Waals surface area contributed by atoms with Gasteiger partial charge in [-0.3, -0.25) is 4.98 Å². The summed E-state index contributed by atoms with van der Waals surface area (Å²) < 4.78 is 5.74. The molecule has 0 radical (unpaired) electrons. The van der Waals surface area contributed by atoms with E-state index in [1.54, 1.807) is 24.7 Å². The van der Waals surface area contributed by atoms with E-state index in [0.29, 0.717) is 0 Å². The first-order chi connectivity index (χ1) is 9.36. The molecule has 0 spiro atoms. The van der Waals surface area contributed by atoms with Crippen LogP contribution in [0.15, 0.2) is 59.3 Å². The minimum absolute atomic E-state index is 0.750. The van der Waals surface area contributed by atoms with Crippen molar-refractivity contribution in [2.75, 3.05) is 5.32 Å². The summed E-state index contributed by atoms with van der Waals surface area (Å²) in [7, 11) is 0. The standard InChI is InChI=1S/C14H11N3OS/c1-2-3-5-16-14-17-11(9-19-14)13-7-10-8-15-6-4-12(10)18-13/h2-9H,1H2,(H,16,17)/b5-3+. The SMILES string of the molecule is C=C/C=C/Nc1nc(-c2cc3cnccc3o2)cs1. The lowest BCUT2D eigenvalue weighted by Crippen LogP contribution is -1.85. The third-order valence-corrected chi connectivity index (χ3v) is 3.29. The van der Waals surface area contributed by atoms with Gasteiger partial charge in [-0.25, -0.2) is 4.98 Å². The molecule has 3 aromatic rings. The summed E-state index contributed by atoms with van der Waals surface area (Å²) >= 11 is 1.52. The van der Waals surface area contributed by atoms with E-state index in [9.17, 15) is 0 Å². The monoisotopic (exact) mass is 269 g/mol. The Morgan fingerprint density at radius 3 is 3.21 bits per heavy atom. The van der Waals surface area contributed by atoms with Crippen LogP contribution >= 0.6 is 11.3 Å². The minimum Gasteiger partial charge on any atom is -0.454 e. The van der Waals surface area contributed by atoms with Crippen LogP contribution in [0.5, 0.6) is 0 Å². The molecule has 0 amide bonds. The molecule has 0 aliphatic carbocycles. The lowest BCUT2D eigenvalue weighted by Gasteiger charge is -1.91. The topological polar surface area (TPSA) is 51.0 Å². The summed E-state index contributed by atoms with van der Waals surface area (Å²) in [5.41, 5.74) is 1.63. The van der Waals surface area contributed by atoms with Crippen LogP contribution in [0.1, 0.15) is 0 Å². The largest absolute Gasteiger partial charge is 0.454 e. The molecule has 0 aliphatic rings. The molecule has 3 heterocycles. The minimum atomic E-state index is 0.750. The van der Waals surface area contributed by atoms with Crippen molar-refractivity contribution in [1.29, 1.82) is 0 Å². The zero-order chi connectivity index (χ0) is 13.1. The van der Waals surface area contributed by atoms with Gasteiger partial charge in [-0.05, 0) is 18.2 Å². The van der Waals surface area contributed by atoms with Crippen LogP contribution in [-0.4, -0.2) is 9.97 Å². The maximum Gasteiger partial charge on any atom is 0.187 e. The van der Waals surface area contributed by atoms with E-state index < -0.39 is 0 Å². The van der Waals surface area contributed by atoms with Crippen molar-refractivity contribution in [2.45, 2.75) is 0 Å². The molecule has 3 rings (SSSR count). The Labute approximate surface area is 114 Å². The van der Waals surface area contributed by atoms with Crippen molar-refractivity contribution in [1.82, 2.24) is 9.97 Å². The number of anilines is 1. The second-order valence-electron chi connectivity index (χ2n) is 3.80. The van der Waals surface area contributed by atoms with Crippen molar-refractivity contribution in [3.05, 3.63) is 54.8 Å². The summed E-state index contributed by atoms with van der Waals surface area (Å²) in [6.45, 7) is 3.60. The van der Waals surface area contributed by atoms with E-state index in [2.05, 4.69) is 21.9 Å². The Morgan fingerprint density at radius 1 is 1.42 bits per heavy atom. The maximum absolute atomic E-state index is 5.74. The van der Waals surface area contributed by atoms with Crippen molar-refractivity contribution in [3.63, 3.8) is 0 Å². The van der Waals surface area contributed by atoms with Gasteiger partial charge in [0.15, 0.2) is 10.9 Å². The van der Waals surface area contributed by atoms with Gasteiger partial charge in [0.1, 0.15) is 11.3 Å². The Balaban J connectivity index is 1.89. The maximum atomic E-state index is 5.74. The summed E-state index contributed by atoms with van der Waals surface area (Å²) in [6, 6.07) is 3.79. The smallest absolute Gasteiger partial charge is 0.187 e. The lowest BCUT2D eigenvalue weighted by molar-refractivity contribution is 0.629. The molecule has 19 heavy (non-hydrogen) atoms. The van der Waals surface area contributed by atoms with Gasteiger partial charge < -0.3 is 9.73 Å². The van der Waals surface area contributed by atoms with Gasteiger partial charge in [-0.15, -0.1) is 11.3 Å². The van der Waals surface area contributed by atoms with Crippen LogP contribution in [-0.2, 0) is 0 Å². The molecular weight excluding hydrogens is 258 g/mol. The highest BCUT2D eigenvalue weighted by molar-refractivity contribution is 7.14. The van der Waals surface area contributed by atoms with E-state index in [-0.39, 0.29) is 0 Å². The Bertz CT molecular complexity index is 709. The molecule has 94 valence electrons. The van der Waals surface area contributed by atoms with Gasteiger partial charge in [-0.2, -0.15) is 0 Å². The molecule has 0 saturated carbocycles. The van der Waals surface area contributed by atoms with Gasteiger partial charge in [0.2, 0.25) is 0 Å². The van der Waals surface area contributed by atoms with E-state index >= 15 is 0 Å². The molecule has 0 fully saturated rings. The van der Waals surface area contributed by atoms with Crippen molar-refractivity contribution < 1.29 is 4.42 Å². The highest BCUT2D eigenvalue weighted by atomic mass is 32.1. The summed E-state index contributed by atoms with van der Waals surface area (Å²) in [5.74, 6) is 0.750. The van der Waals surface area contributed by atoms with Gasteiger partial charge in [0.05, 0.1) is 0 Å². The number of furan rings is 1. The Morgan fingerprint density at radius 2 is 2.37 bits per heavy atom. The highest BCUT2D eigenvalue weighted by Crippen LogP contribution is 2.29. The number of thiazole rings is 1. The fraction of sp³-hybridized carbons (Fsp3) is 0. The second-order valence-corrected chi connectivity index (χ2v) is 4.66. The zero-order valence-corrected chi connectivity index (χ0v) is 10.9. The molecule has 4 nitrogen and oxygen atoms in total. The molecule has 0 atom stereocenters. The van der Waals surface area contributed by atoms with Crippen LogP contribution < -0.4 is 5.32 Å². The molecule has 0 unspecified atom stereocenters. The fourth-order valence-electron chi connectivity index (χ4n) is 1.65. The van der Waals surface area contributed by atoms with Crippen LogP contribution in [0.4, 0.5) is 5.13 Å². The molecule has 0 aromatic carbocycles. The van der Waals surface area contributed by atoms with Gasteiger partial charge in [-0.1, -0.05) is 12.7 Å². The van der Waals surface area contributed by atoms with Crippen LogP contribution in [0, 0.1) is 0 Å². The zero-order valence-electron chi connectivity index (χ0n) is 10.0. The van der Waals surface area contributed by atoms with Crippen molar-refractivity contribution in [3.8, 4) is 11.5 Å². The quantitative estimate of drug-likeness (QED) is 0.725. The number of hydrogen-bond donors (Lipinski definition) is 1. The third-order valence-electron chi connectivity index (χ3n) is 2.51. The molecule has 1 N–H and O–H groups in total. The Kier molecular flexibility index (Phi) is 3.12. The highest BCUT2D eigenvalue weighted by Gasteiger charge is 2.09. The number of allylic oxidation sites excluding steroid dienone is 2. The predicted octanol–water partition coefficient (Wildman–Crippen LogP) is 4.06. The predicted molar refractivity (Wildman–Crippen MR) is 78.1 cm³/mol. The number of nitrogens with one attached hydrogen (secondary N) is 1. The van der Waals surface area contributed by atoms with E-state index in [1.165, 1.54) is 11.3 Å². The first-order valence-electron chi connectivity index (χ1n) is 5.70. The molecule has 0 bridgehead atoms. The summed E-state index contributed by atoms with van der Waals surface area (Å²) in [6.07, 6.45) is 8.80. The molecule has 0 saturated heterocycles. The number of rotatable bonds is 4. The lowest BCUT2D eigenvalue weighted by atomic mass is 10.3. The fourth-order valence-corrected chi connectivity index (χ4v) is 2.33. The summed E-state index contributed by atoms with van der Waals surface area (Å²) in [4.78, 5) is 8.52. The van der Waals surface area contributed by atoms with Gasteiger partial charge in [0, 0.05) is 29.4 Å². The number of hydrogen-bond acceptors (Lipinski definition) is 5. The van der Waals surface area contributed by atoms with Crippen molar-refractivity contribution in [2.24, 2.45) is 0 Å². The Hall–Kier alpha value is -2.40. The number of pyridine rings is 1. The van der Waals surface area contributed by atoms with Crippen LogP contribution in [0.3, 0.4) is 0 Å². The number of fused-ring (bicyclic) bond motifs is 1. The molecular formula is C14H11N3OS. The molecule has 0 aliphatic heterocycles. The first kappa shape index (κ1) is 11.7. The second kappa shape index (κ2) is 5.07. The normalized spacial score (nSPS) is 11.2. The van der Waals surface area contributed by atoms with Crippen molar-refractivity contribution >= 4 is 27.4 Å². The van der Waals surface area contributed by atoms with E-state index in [1.807, 2.05) is 23.6 Å². The summed E-state index contributed by atoms with van der Waals surface area (Å²) in [5, 5.41) is 6.81. The molecule has 5 heteroatoms. The van der Waals surface area contributed by atoms with Gasteiger partial charge >= 0.3 is 0 Å². The van der Waals surface area contributed by atoms with Crippen LogP contribution in [0.25, 0.3) is 22.4 Å². The number of nitrogens with zero attached hydrogens (tertiary/aromatic N) is 2. The third kappa shape index (κ3) is 2.41.